The Hall–Kier alpha value is -1.49. The summed E-state index contributed by atoms with van der Waals surface area (Å²) in [5.41, 5.74) is 1.19. The molecule has 1 nitrogen and oxygen atoms in total. The lowest BCUT2D eigenvalue weighted by Crippen LogP contribution is -2.05. The Bertz CT molecular complexity index is 459. The van der Waals surface area contributed by atoms with Crippen LogP contribution in [0.15, 0.2) is 41.1 Å². The largest absolute Gasteiger partial charge is 0.416 e. The van der Waals surface area contributed by atoms with Crippen molar-refractivity contribution in [2.45, 2.75) is 12.7 Å². The van der Waals surface area contributed by atoms with Crippen LogP contribution in [0.1, 0.15) is 11.1 Å². The standard InChI is InChI=1S/C12H10F3NS/c13-12(14,15)10-3-1-9(2-4-10)7-16-11-5-6-17-8-11/h1-6,8,16H,7H2. The van der Waals surface area contributed by atoms with Gasteiger partial charge in [-0.3, -0.25) is 0 Å². The number of hydrogen-bond acceptors (Lipinski definition) is 2. The van der Waals surface area contributed by atoms with E-state index in [9.17, 15) is 13.2 Å². The highest BCUT2D eigenvalue weighted by Gasteiger charge is 2.29. The summed E-state index contributed by atoms with van der Waals surface area (Å²) in [4.78, 5) is 0. The minimum Gasteiger partial charge on any atom is -0.380 e. The van der Waals surface area contributed by atoms with Crippen LogP contribution in [0, 0.1) is 0 Å². The van der Waals surface area contributed by atoms with Crippen molar-refractivity contribution in [3.05, 3.63) is 52.2 Å². The molecule has 17 heavy (non-hydrogen) atoms. The van der Waals surface area contributed by atoms with Gasteiger partial charge in [0.15, 0.2) is 0 Å². The van der Waals surface area contributed by atoms with E-state index in [0.717, 1.165) is 23.4 Å². The van der Waals surface area contributed by atoms with Crippen molar-refractivity contribution in [1.29, 1.82) is 0 Å². The molecule has 0 radical (unpaired) electrons. The molecule has 5 heteroatoms. The van der Waals surface area contributed by atoms with Gasteiger partial charge in [0.25, 0.3) is 0 Å². The van der Waals surface area contributed by atoms with Gasteiger partial charge in [0.1, 0.15) is 0 Å². The number of nitrogens with one attached hydrogen (secondary N) is 1. The zero-order valence-corrected chi connectivity index (χ0v) is 9.61. The molecule has 0 aliphatic heterocycles. The van der Waals surface area contributed by atoms with Crippen LogP contribution in [0.5, 0.6) is 0 Å². The molecule has 0 aliphatic carbocycles. The van der Waals surface area contributed by atoms with Gasteiger partial charge < -0.3 is 5.32 Å². The number of hydrogen-bond donors (Lipinski definition) is 1. The molecule has 0 bridgehead atoms. The first-order valence-electron chi connectivity index (χ1n) is 4.98. The van der Waals surface area contributed by atoms with Crippen LogP contribution in [0.3, 0.4) is 0 Å². The maximum absolute atomic E-state index is 12.3. The summed E-state index contributed by atoms with van der Waals surface area (Å²) in [6.07, 6.45) is -4.26. The second-order valence-corrected chi connectivity index (χ2v) is 4.34. The Morgan fingerprint density at radius 3 is 2.29 bits per heavy atom. The summed E-state index contributed by atoms with van der Waals surface area (Å²) >= 11 is 1.57. The van der Waals surface area contributed by atoms with Crippen LogP contribution in [0.4, 0.5) is 18.9 Å². The van der Waals surface area contributed by atoms with E-state index in [0.29, 0.717) is 6.54 Å². The van der Waals surface area contributed by atoms with Crippen molar-refractivity contribution in [2.24, 2.45) is 0 Å². The van der Waals surface area contributed by atoms with Crippen molar-refractivity contribution >= 4 is 17.0 Å². The van der Waals surface area contributed by atoms with E-state index in [2.05, 4.69) is 5.32 Å². The molecule has 2 aromatic rings. The van der Waals surface area contributed by atoms with Gasteiger partial charge in [-0.15, -0.1) is 0 Å². The lowest BCUT2D eigenvalue weighted by atomic mass is 10.1. The average Bonchev–Trinajstić information content (AvgIpc) is 2.78. The molecule has 1 heterocycles. The van der Waals surface area contributed by atoms with Gasteiger partial charge in [0.05, 0.1) is 5.56 Å². The molecule has 0 saturated carbocycles. The molecular formula is C12H10F3NS. The minimum atomic E-state index is -4.26. The number of halogens is 3. The second-order valence-electron chi connectivity index (χ2n) is 3.56. The summed E-state index contributed by atoms with van der Waals surface area (Å²) in [5.74, 6) is 0. The summed E-state index contributed by atoms with van der Waals surface area (Å²) in [6.45, 7) is 0.523. The number of anilines is 1. The third kappa shape index (κ3) is 3.23. The van der Waals surface area contributed by atoms with Gasteiger partial charge in [-0.1, -0.05) is 12.1 Å². The molecule has 0 unspecified atom stereocenters. The predicted octanol–water partition coefficient (Wildman–Crippen LogP) is 4.38. The minimum absolute atomic E-state index is 0.523. The van der Waals surface area contributed by atoms with Crippen LogP contribution in [0.25, 0.3) is 0 Å². The topological polar surface area (TPSA) is 12.0 Å². The Labute approximate surface area is 101 Å². The fraction of sp³-hybridized carbons (Fsp3) is 0.167. The Morgan fingerprint density at radius 2 is 1.76 bits per heavy atom. The van der Waals surface area contributed by atoms with Gasteiger partial charge in [-0.2, -0.15) is 24.5 Å². The molecule has 1 aromatic carbocycles. The van der Waals surface area contributed by atoms with Crippen molar-refractivity contribution in [1.82, 2.24) is 0 Å². The monoisotopic (exact) mass is 257 g/mol. The van der Waals surface area contributed by atoms with E-state index in [1.54, 1.807) is 11.3 Å². The zero-order chi connectivity index (χ0) is 12.3. The smallest absolute Gasteiger partial charge is 0.380 e. The predicted molar refractivity (Wildman–Crippen MR) is 63.1 cm³/mol. The van der Waals surface area contributed by atoms with Gasteiger partial charge in [0.2, 0.25) is 0 Å². The lowest BCUT2D eigenvalue weighted by Gasteiger charge is -2.08. The number of benzene rings is 1. The number of alkyl halides is 3. The Kier molecular flexibility index (Phi) is 3.38. The van der Waals surface area contributed by atoms with E-state index in [4.69, 9.17) is 0 Å². The zero-order valence-electron chi connectivity index (χ0n) is 8.79. The first kappa shape index (κ1) is 12.0. The van der Waals surface area contributed by atoms with Gasteiger partial charge >= 0.3 is 6.18 Å². The van der Waals surface area contributed by atoms with Crippen molar-refractivity contribution in [3.8, 4) is 0 Å². The SMILES string of the molecule is FC(F)(F)c1ccc(CNc2ccsc2)cc1. The number of thiophene rings is 1. The van der Waals surface area contributed by atoms with Gasteiger partial charge in [0, 0.05) is 17.6 Å². The summed E-state index contributed by atoms with van der Waals surface area (Å²) in [6, 6.07) is 7.11. The maximum atomic E-state index is 12.3. The molecule has 1 aromatic heterocycles. The van der Waals surface area contributed by atoms with Crippen LogP contribution >= 0.6 is 11.3 Å². The van der Waals surface area contributed by atoms with E-state index in [1.165, 1.54) is 12.1 Å². The summed E-state index contributed by atoms with van der Waals surface area (Å²) in [5, 5.41) is 7.02. The van der Waals surface area contributed by atoms with Gasteiger partial charge in [-0.25, -0.2) is 0 Å². The molecule has 0 aliphatic rings. The van der Waals surface area contributed by atoms with Crippen molar-refractivity contribution in [3.63, 3.8) is 0 Å². The average molecular weight is 257 g/mol. The molecule has 2 rings (SSSR count). The Morgan fingerprint density at radius 1 is 1.06 bits per heavy atom. The second kappa shape index (κ2) is 4.79. The third-order valence-electron chi connectivity index (χ3n) is 2.30. The first-order valence-corrected chi connectivity index (χ1v) is 5.92. The molecule has 0 saturated heterocycles. The first-order chi connectivity index (χ1) is 8.05. The fourth-order valence-corrected chi connectivity index (χ4v) is 1.99. The normalized spacial score (nSPS) is 11.5. The molecule has 0 atom stereocenters. The third-order valence-corrected chi connectivity index (χ3v) is 2.98. The van der Waals surface area contributed by atoms with Crippen molar-refractivity contribution in [2.75, 3.05) is 5.32 Å². The molecule has 1 N–H and O–H groups in total. The molecule has 0 amide bonds. The molecule has 0 fully saturated rings. The Balaban J connectivity index is 1.99. The highest BCUT2D eigenvalue weighted by atomic mass is 32.1. The van der Waals surface area contributed by atoms with E-state index in [-0.39, 0.29) is 0 Å². The van der Waals surface area contributed by atoms with Crippen LogP contribution < -0.4 is 5.32 Å². The fourth-order valence-electron chi connectivity index (χ4n) is 1.38. The van der Waals surface area contributed by atoms with Crippen LogP contribution in [-0.2, 0) is 12.7 Å². The summed E-state index contributed by atoms with van der Waals surface area (Å²) < 4.78 is 36.9. The van der Waals surface area contributed by atoms with E-state index in [1.807, 2.05) is 16.8 Å². The van der Waals surface area contributed by atoms with E-state index >= 15 is 0 Å². The number of rotatable bonds is 3. The van der Waals surface area contributed by atoms with Crippen LogP contribution in [0.2, 0.25) is 0 Å². The lowest BCUT2D eigenvalue weighted by molar-refractivity contribution is -0.137. The van der Waals surface area contributed by atoms with Crippen LogP contribution in [-0.4, -0.2) is 0 Å². The molecule has 90 valence electrons. The maximum Gasteiger partial charge on any atom is 0.416 e. The highest BCUT2D eigenvalue weighted by molar-refractivity contribution is 7.08. The van der Waals surface area contributed by atoms with E-state index < -0.39 is 11.7 Å². The van der Waals surface area contributed by atoms with Crippen molar-refractivity contribution < 1.29 is 13.2 Å². The van der Waals surface area contributed by atoms with Gasteiger partial charge in [-0.05, 0) is 29.1 Å². The quantitative estimate of drug-likeness (QED) is 0.860. The molecular weight excluding hydrogens is 247 g/mol. The molecule has 0 spiro atoms. The highest BCUT2D eigenvalue weighted by Crippen LogP contribution is 2.29. The summed E-state index contributed by atoms with van der Waals surface area (Å²) in [7, 11) is 0.